The third-order valence-corrected chi connectivity index (χ3v) is 2.90. The molecule has 0 saturated heterocycles. The van der Waals surface area contributed by atoms with Crippen LogP contribution in [0.25, 0.3) is 10.9 Å². The number of benzene rings is 1. The molecule has 0 aliphatic carbocycles. The van der Waals surface area contributed by atoms with Gasteiger partial charge in [0.25, 0.3) is 0 Å². The van der Waals surface area contributed by atoms with Crippen molar-refractivity contribution in [1.82, 2.24) is 4.98 Å². The van der Waals surface area contributed by atoms with E-state index in [0.717, 1.165) is 0 Å². The van der Waals surface area contributed by atoms with Crippen molar-refractivity contribution in [3.05, 3.63) is 35.0 Å². The maximum Gasteiger partial charge on any atom is 0.387 e. The van der Waals surface area contributed by atoms with Crippen LogP contribution < -0.4 is 4.74 Å². The topological polar surface area (TPSA) is 48.4 Å². The highest BCUT2D eigenvalue weighted by atomic mass is 35.5. The van der Waals surface area contributed by atoms with E-state index in [4.69, 9.17) is 16.3 Å². The first-order valence-electron chi connectivity index (χ1n) is 5.73. The Labute approximate surface area is 118 Å². The molecule has 0 aliphatic rings. The monoisotopic (exact) mass is 301 g/mol. The average Bonchev–Trinajstić information content (AvgIpc) is 2.38. The van der Waals surface area contributed by atoms with Crippen LogP contribution in [0.4, 0.5) is 8.78 Å². The summed E-state index contributed by atoms with van der Waals surface area (Å²) in [4.78, 5) is 15.7. The molecule has 4 nitrogen and oxygen atoms in total. The van der Waals surface area contributed by atoms with Crippen molar-refractivity contribution >= 4 is 28.5 Å². The summed E-state index contributed by atoms with van der Waals surface area (Å²) in [5, 5.41) is 0.621. The Morgan fingerprint density at radius 1 is 1.45 bits per heavy atom. The van der Waals surface area contributed by atoms with Gasteiger partial charge in [0.2, 0.25) is 0 Å². The molecule has 0 radical (unpaired) electrons. The summed E-state index contributed by atoms with van der Waals surface area (Å²) in [7, 11) is 0. The largest absolute Gasteiger partial charge is 0.462 e. The van der Waals surface area contributed by atoms with Gasteiger partial charge in [-0.25, -0.2) is 4.79 Å². The Morgan fingerprint density at radius 2 is 2.20 bits per heavy atom. The highest BCUT2D eigenvalue weighted by Crippen LogP contribution is 2.29. The van der Waals surface area contributed by atoms with Gasteiger partial charge in [-0.1, -0.05) is 11.6 Å². The van der Waals surface area contributed by atoms with E-state index in [0.29, 0.717) is 10.9 Å². The first kappa shape index (κ1) is 14.5. The first-order valence-corrected chi connectivity index (χ1v) is 6.11. The lowest BCUT2D eigenvalue weighted by Crippen LogP contribution is -2.06. The number of hydrogen-bond acceptors (Lipinski definition) is 4. The van der Waals surface area contributed by atoms with Crippen LogP contribution in [0.15, 0.2) is 24.4 Å². The van der Waals surface area contributed by atoms with Crippen molar-refractivity contribution in [3.63, 3.8) is 0 Å². The van der Waals surface area contributed by atoms with E-state index in [-0.39, 0.29) is 22.9 Å². The number of fused-ring (bicyclic) bond motifs is 1. The van der Waals surface area contributed by atoms with E-state index in [1.54, 1.807) is 6.92 Å². The number of halogens is 3. The Balaban J connectivity index is 2.44. The molecule has 0 bridgehead atoms. The lowest BCUT2D eigenvalue weighted by molar-refractivity contribution is -0.0497. The van der Waals surface area contributed by atoms with Crippen LogP contribution in [-0.2, 0) is 4.74 Å². The molecule has 2 rings (SSSR count). The van der Waals surface area contributed by atoms with Crippen LogP contribution in [0.2, 0.25) is 5.02 Å². The molecule has 0 unspecified atom stereocenters. The van der Waals surface area contributed by atoms with Gasteiger partial charge in [0.05, 0.1) is 22.7 Å². The molecule has 0 amide bonds. The lowest BCUT2D eigenvalue weighted by Gasteiger charge is -2.08. The zero-order valence-corrected chi connectivity index (χ0v) is 11.2. The lowest BCUT2D eigenvalue weighted by atomic mass is 10.1. The minimum Gasteiger partial charge on any atom is -0.462 e. The summed E-state index contributed by atoms with van der Waals surface area (Å²) in [6.07, 6.45) is 1.24. The molecule has 0 aliphatic heterocycles. The number of hydrogen-bond donors (Lipinski definition) is 0. The molecular weight excluding hydrogens is 292 g/mol. The molecule has 1 aromatic heterocycles. The number of ether oxygens (including phenoxy) is 2. The van der Waals surface area contributed by atoms with Gasteiger partial charge in [0.1, 0.15) is 5.75 Å². The van der Waals surface area contributed by atoms with Crippen molar-refractivity contribution in [2.24, 2.45) is 0 Å². The van der Waals surface area contributed by atoms with E-state index in [9.17, 15) is 13.6 Å². The molecule has 20 heavy (non-hydrogen) atoms. The van der Waals surface area contributed by atoms with Crippen molar-refractivity contribution in [1.29, 1.82) is 0 Å². The molecule has 0 spiro atoms. The van der Waals surface area contributed by atoms with Gasteiger partial charge < -0.3 is 9.47 Å². The molecule has 0 fully saturated rings. The Morgan fingerprint density at radius 3 is 2.85 bits per heavy atom. The quantitative estimate of drug-likeness (QED) is 0.809. The second kappa shape index (κ2) is 6.00. The molecule has 1 heterocycles. The summed E-state index contributed by atoms with van der Waals surface area (Å²) < 4.78 is 33.4. The van der Waals surface area contributed by atoms with Gasteiger partial charge in [0.15, 0.2) is 0 Å². The molecular formula is C13H10ClF2NO3. The van der Waals surface area contributed by atoms with Crippen LogP contribution in [0.3, 0.4) is 0 Å². The molecule has 2 aromatic rings. The van der Waals surface area contributed by atoms with Gasteiger partial charge >= 0.3 is 12.6 Å². The fourth-order valence-electron chi connectivity index (χ4n) is 1.67. The Kier molecular flexibility index (Phi) is 4.34. The van der Waals surface area contributed by atoms with Crippen LogP contribution in [0.5, 0.6) is 5.75 Å². The number of aromatic nitrogens is 1. The molecule has 1 aromatic carbocycles. The van der Waals surface area contributed by atoms with Crippen molar-refractivity contribution < 1.29 is 23.0 Å². The fourth-order valence-corrected chi connectivity index (χ4v) is 1.95. The van der Waals surface area contributed by atoms with Gasteiger partial charge in [-0.3, -0.25) is 4.98 Å². The predicted octanol–water partition coefficient (Wildman–Crippen LogP) is 3.67. The fraction of sp³-hybridized carbons (Fsp3) is 0.231. The van der Waals surface area contributed by atoms with E-state index >= 15 is 0 Å². The van der Waals surface area contributed by atoms with Gasteiger partial charge in [-0.15, -0.1) is 0 Å². The summed E-state index contributed by atoms with van der Waals surface area (Å²) in [6, 6.07) is 4.12. The second-order valence-electron chi connectivity index (χ2n) is 3.76. The number of alkyl halides is 2. The van der Waals surface area contributed by atoms with E-state index in [1.807, 2.05) is 0 Å². The Hall–Kier alpha value is -1.95. The van der Waals surface area contributed by atoms with E-state index < -0.39 is 12.6 Å². The van der Waals surface area contributed by atoms with Crippen LogP contribution >= 0.6 is 11.6 Å². The predicted molar refractivity (Wildman–Crippen MR) is 69.3 cm³/mol. The standard InChI is InChI=1S/C13H10ClF2NO3/c1-2-19-12(18)9-6-17-10-5-7(20-13(15)16)3-4-8(10)11(9)14/h3-6,13H,2H2,1H3. The van der Waals surface area contributed by atoms with Gasteiger partial charge in [0, 0.05) is 17.6 Å². The van der Waals surface area contributed by atoms with Gasteiger partial charge in [-0.05, 0) is 19.1 Å². The number of carbonyl (C=O) groups excluding carboxylic acids is 1. The number of carbonyl (C=O) groups is 1. The number of rotatable bonds is 4. The Bertz CT molecular complexity index is 649. The molecule has 0 atom stereocenters. The zero-order chi connectivity index (χ0) is 14.7. The second-order valence-corrected chi connectivity index (χ2v) is 4.14. The highest BCUT2D eigenvalue weighted by molar-refractivity contribution is 6.38. The van der Waals surface area contributed by atoms with Crippen LogP contribution in [-0.4, -0.2) is 24.2 Å². The summed E-state index contributed by atoms with van der Waals surface area (Å²) in [5.41, 5.74) is 0.477. The van der Waals surface area contributed by atoms with Crippen LogP contribution in [0, 0.1) is 0 Å². The van der Waals surface area contributed by atoms with Crippen molar-refractivity contribution in [2.75, 3.05) is 6.61 Å². The SMILES string of the molecule is CCOC(=O)c1cnc2cc(OC(F)F)ccc2c1Cl. The zero-order valence-electron chi connectivity index (χ0n) is 10.4. The third kappa shape index (κ3) is 2.96. The number of pyridine rings is 1. The average molecular weight is 302 g/mol. The third-order valence-electron chi connectivity index (χ3n) is 2.50. The summed E-state index contributed by atoms with van der Waals surface area (Å²) in [5.74, 6) is -0.611. The molecule has 7 heteroatoms. The van der Waals surface area contributed by atoms with E-state index in [2.05, 4.69) is 9.72 Å². The van der Waals surface area contributed by atoms with Crippen LogP contribution in [0.1, 0.15) is 17.3 Å². The number of esters is 1. The van der Waals surface area contributed by atoms with E-state index in [1.165, 1.54) is 24.4 Å². The molecule has 106 valence electrons. The summed E-state index contributed by atoms with van der Waals surface area (Å²) in [6.45, 7) is -1.02. The summed E-state index contributed by atoms with van der Waals surface area (Å²) >= 11 is 6.10. The molecule has 0 saturated carbocycles. The van der Waals surface area contributed by atoms with Gasteiger partial charge in [-0.2, -0.15) is 8.78 Å². The maximum atomic E-state index is 12.1. The smallest absolute Gasteiger partial charge is 0.387 e. The highest BCUT2D eigenvalue weighted by Gasteiger charge is 2.15. The minimum atomic E-state index is -2.92. The number of nitrogens with zero attached hydrogens (tertiary/aromatic N) is 1. The van der Waals surface area contributed by atoms with Crippen molar-refractivity contribution in [3.8, 4) is 5.75 Å². The normalized spacial score (nSPS) is 10.8. The first-order chi connectivity index (χ1) is 9.52. The maximum absolute atomic E-state index is 12.1. The minimum absolute atomic E-state index is 0.0278. The van der Waals surface area contributed by atoms with Crippen molar-refractivity contribution in [2.45, 2.75) is 13.5 Å². The molecule has 0 N–H and O–H groups in total.